The Morgan fingerprint density at radius 2 is 2.00 bits per heavy atom. The molecule has 0 fully saturated rings. The molecule has 0 aliphatic heterocycles. The molecule has 22 heavy (non-hydrogen) atoms. The van der Waals surface area contributed by atoms with Gasteiger partial charge in [0.1, 0.15) is 5.65 Å². The van der Waals surface area contributed by atoms with Gasteiger partial charge in [0.05, 0.1) is 5.56 Å². The smallest absolute Gasteiger partial charge is 0.263 e. The number of hydrogen-bond donors (Lipinski definition) is 0. The van der Waals surface area contributed by atoms with Crippen LogP contribution in [0, 0.1) is 6.92 Å². The molecule has 0 atom stereocenters. The summed E-state index contributed by atoms with van der Waals surface area (Å²) in [6, 6.07) is 0.0262. The maximum atomic E-state index is 12.9. The predicted octanol–water partition coefficient (Wildman–Crippen LogP) is 3.39. The molecule has 2 aromatic heterocycles. The minimum atomic E-state index is -0.239. The molecule has 6 heteroatoms. The molecule has 0 aromatic carbocycles. The zero-order chi connectivity index (χ0) is 16.4. The van der Waals surface area contributed by atoms with Gasteiger partial charge in [0.15, 0.2) is 10.9 Å². The molecule has 2 heterocycles. The molecule has 0 N–H and O–H groups in total. The van der Waals surface area contributed by atoms with E-state index in [2.05, 4.69) is 9.97 Å². The highest BCUT2D eigenvalue weighted by Crippen LogP contribution is 2.24. The lowest BCUT2D eigenvalue weighted by Crippen LogP contribution is -2.31. The number of aryl methyl sites for hydroxylation is 1. The van der Waals surface area contributed by atoms with Crippen LogP contribution in [0.15, 0.2) is 16.1 Å². The zero-order valence-electron chi connectivity index (χ0n) is 13.6. The van der Waals surface area contributed by atoms with Crippen LogP contribution < -0.4 is 5.56 Å². The van der Waals surface area contributed by atoms with Crippen LogP contribution in [0.1, 0.15) is 55.6 Å². The average Bonchev–Trinajstić information content (AvgIpc) is 2.50. The number of rotatable bonds is 5. The Morgan fingerprint density at radius 3 is 2.50 bits per heavy atom. The number of fused-ring (bicyclic) bond motifs is 1. The summed E-state index contributed by atoms with van der Waals surface area (Å²) in [4.78, 5) is 33.7. The lowest BCUT2D eigenvalue weighted by Gasteiger charge is -2.21. The van der Waals surface area contributed by atoms with Crippen molar-refractivity contribution in [1.29, 1.82) is 0 Å². The van der Waals surface area contributed by atoms with E-state index in [1.165, 1.54) is 18.7 Å². The fourth-order valence-corrected chi connectivity index (χ4v) is 3.16. The molecule has 0 bridgehead atoms. The second kappa shape index (κ2) is 6.60. The van der Waals surface area contributed by atoms with Crippen LogP contribution in [0.4, 0.5) is 0 Å². The molecule has 5 nitrogen and oxygen atoms in total. The van der Waals surface area contributed by atoms with Gasteiger partial charge in [0.2, 0.25) is 0 Å². The van der Waals surface area contributed by atoms with Crippen LogP contribution in [-0.2, 0) is 0 Å². The fraction of sp³-hybridized carbons (Fsp3) is 0.500. The van der Waals surface area contributed by atoms with Gasteiger partial charge in [0.25, 0.3) is 5.56 Å². The first-order valence-corrected chi connectivity index (χ1v) is 8.65. The number of Topliss-reactive ketones (excluding diaryl/α,β-unsaturated/α-hetero) is 1. The maximum absolute atomic E-state index is 12.9. The van der Waals surface area contributed by atoms with Crippen molar-refractivity contribution in [2.24, 2.45) is 0 Å². The molecule has 2 rings (SSSR count). The van der Waals surface area contributed by atoms with Gasteiger partial charge in [0, 0.05) is 17.6 Å². The van der Waals surface area contributed by atoms with Gasteiger partial charge in [-0.3, -0.25) is 14.2 Å². The summed E-state index contributed by atoms with van der Waals surface area (Å²) in [7, 11) is 0. The minimum Gasteiger partial charge on any atom is -0.294 e. The number of aromatic nitrogens is 3. The minimum absolute atomic E-state index is 0.0262. The van der Waals surface area contributed by atoms with Gasteiger partial charge in [-0.2, -0.15) is 0 Å². The summed E-state index contributed by atoms with van der Waals surface area (Å²) >= 11 is 1.44. The van der Waals surface area contributed by atoms with Crippen molar-refractivity contribution < 1.29 is 4.79 Å². The monoisotopic (exact) mass is 319 g/mol. The van der Waals surface area contributed by atoms with E-state index in [9.17, 15) is 9.59 Å². The number of thioether (sulfide) groups is 1. The normalized spacial score (nSPS) is 11.4. The van der Waals surface area contributed by atoms with Crippen LogP contribution in [0.25, 0.3) is 11.0 Å². The number of pyridine rings is 1. The van der Waals surface area contributed by atoms with Crippen LogP contribution >= 0.6 is 11.8 Å². The Balaban J connectivity index is 3.00. The summed E-state index contributed by atoms with van der Waals surface area (Å²) in [5.41, 5.74) is 1.31. The van der Waals surface area contributed by atoms with Crippen molar-refractivity contribution in [3.05, 3.63) is 27.7 Å². The summed E-state index contributed by atoms with van der Waals surface area (Å²) in [6.45, 7) is 7.30. The third-order valence-corrected chi connectivity index (χ3v) is 4.59. The Labute approximate surface area is 134 Å². The molecule has 0 unspecified atom stereocenters. The molecular formula is C16H21N3O2S. The van der Waals surface area contributed by atoms with E-state index >= 15 is 0 Å². The van der Waals surface area contributed by atoms with Crippen molar-refractivity contribution >= 4 is 28.6 Å². The van der Waals surface area contributed by atoms with Crippen molar-refractivity contribution in [2.45, 2.75) is 51.7 Å². The van der Waals surface area contributed by atoms with Gasteiger partial charge in [-0.15, -0.1) is 0 Å². The summed E-state index contributed by atoms with van der Waals surface area (Å²) in [5, 5.41) is 1.40. The molecule has 0 saturated carbocycles. The summed E-state index contributed by atoms with van der Waals surface area (Å²) < 4.78 is 1.68. The predicted molar refractivity (Wildman–Crippen MR) is 89.9 cm³/mol. The second-order valence-electron chi connectivity index (χ2n) is 5.30. The lowest BCUT2D eigenvalue weighted by atomic mass is 10.0. The van der Waals surface area contributed by atoms with Crippen LogP contribution in [-0.4, -0.2) is 26.6 Å². The van der Waals surface area contributed by atoms with E-state index < -0.39 is 0 Å². The molecule has 0 radical (unpaired) electrons. The first-order valence-electron chi connectivity index (χ1n) is 7.42. The SMILES string of the molecule is CCC(CC)n1c(=O)c(C(C)=O)c(C)c2cnc(SC)nc21. The van der Waals surface area contributed by atoms with E-state index in [1.807, 2.05) is 20.1 Å². The van der Waals surface area contributed by atoms with Crippen molar-refractivity contribution in [3.63, 3.8) is 0 Å². The highest BCUT2D eigenvalue weighted by molar-refractivity contribution is 7.98. The standard InChI is InChI=1S/C16H21N3O2S/c1-6-11(7-2)19-14-12(8-17-16(18-14)22-5)9(3)13(10(4)20)15(19)21/h8,11H,6-7H2,1-5H3. The first kappa shape index (κ1) is 16.7. The van der Waals surface area contributed by atoms with Gasteiger partial charge in [-0.05, 0) is 38.5 Å². The lowest BCUT2D eigenvalue weighted by molar-refractivity contribution is 0.101. The average molecular weight is 319 g/mol. The topological polar surface area (TPSA) is 64.8 Å². The third kappa shape index (κ3) is 2.67. The Hall–Kier alpha value is -1.69. The molecule has 0 amide bonds. The van der Waals surface area contributed by atoms with Crippen molar-refractivity contribution in [3.8, 4) is 0 Å². The molecule has 0 aliphatic carbocycles. The first-order chi connectivity index (χ1) is 10.5. The van der Waals surface area contributed by atoms with Crippen LogP contribution in [0.2, 0.25) is 0 Å². The number of hydrogen-bond acceptors (Lipinski definition) is 5. The molecule has 0 saturated heterocycles. The second-order valence-corrected chi connectivity index (χ2v) is 6.07. The van der Waals surface area contributed by atoms with E-state index in [0.717, 1.165) is 18.2 Å². The summed E-state index contributed by atoms with van der Waals surface area (Å²) in [6.07, 6.45) is 5.24. The molecule has 0 spiro atoms. The molecular weight excluding hydrogens is 298 g/mol. The highest BCUT2D eigenvalue weighted by Gasteiger charge is 2.22. The number of carbonyl (C=O) groups is 1. The van der Waals surface area contributed by atoms with E-state index in [4.69, 9.17) is 0 Å². The van der Waals surface area contributed by atoms with Gasteiger partial charge < -0.3 is 0 Å². The zero-order valence-corrected chi connectivity index (χ0v) is 14.5. The van der Waals surface area contributed by atoms with E-state index in [-0.39, 0.29) is 22.9 Å². The fourth-order valence-electron chi connectivity index (χ4n) is 2.82. The summed E-state index contributed by atoms with van der Waals surface area (Å²) in [5.74, 6) is -0.210. The van der Waals surface area contributed by atoms with Crippen molar-refractivity contribution in [1.82, 2.24) is 14.5 Å². The molecule has 0 aliphatic rings. The van der Waals surface area contributed by atoms with Gasteiger partial charge in [-0.1, -0.05) is 25.6 Å². The molecule has 118 valence electrons. The Morgan fingerprint density at radius 1 is 1.36 bits per heavy atom. The van der Waals surface area contributed by atoms with E-state index in [1.54, 1.807) is 17.7 Å². The van der Waals surface area contributed by atoms with Gasteiger partial charge >= 0.3 is 0 Å². The third-order valence-electron chi connectivity index (χ3n) is 4.03. The maximum Gasteiger partial charge on any atom is 0.263 e. The number of ketones is 1. The van der Waals surface area contributed by atoms with E-state index in [0.29, 0.717) is 16.4 Å². The van der Waals surface area contributed by atoms with Crippen LogP contribution in [0.3, 0.4) is 0 Å². The number of carbonyl (C=O) groups excluding carboxylic acids is 1. The molecule has 2 aromatic rings. The van der Waals surface area contributed by atoms with Gasteiger partial charge in [-0.25, -0.2) is 9.97 Å². The Kier molecular flexibility index (Phi) is 5.01. The largest absolute Gasteiger partial charge is 0.294 e. The quantitative estimate of drug-likeness (QED) is 0.480. The number of nitrogens with zero attached hydrogens (tertiary/aromatic N) is 3. The highest BCUT2D eigenvalue weighted by atomic mass is 32.2. The van der Waals surface area contributed by atoms with Crippen molar-refractivity contribution in [2.75, 3.05) is 6.26 Å². The van der Waals surface area contributed by atoms with Crippen LogP contribution in [0.5, 0.6) is 0 Å². The Bertz CT molecular complexity index is 779.